The molecular weight excluding hydrogens is 314 g/mol. The number of rotatable bonds is 2. The molecule has 0 saturated carbocycles. The number of thiophene rings is 1. The van der Waals surface area contributed by atoms with Crippen molar-refractivity contribution in [3.05, 3.63) is 64.9 Å². The maximum Gasteiger partial charge on any atom is 0.0628 e. The number of benzene rings is 1. The summed E-state index contributed by atoms with van der Waals surface area (Å²) in [6.07, 6.45) is 8.39. The van der Waals surface area contributed by atoms with Gasteiger partial charge in [-0.15, -0.1) is 11.3 Å². The first-order valence-electron chi connectivity index (χ1n) is 8.52. The molecule has 4 heterocycles. The third-order valence-electron chi connectivity index (χ3n) is 4.97. The first-order chi connectivity index (χ1) is 11.9. The number of nitrogens with one attached hydrogen (secondary N) is 1. The fraction of sp³-hybridized carbons (Fsp3) is 0.250. The Labute approximate surface area is 144 Å². The van der Waals surface area contributed by atoms with Gasteiger partial charge in [0.05, 0.1) is 10.2 Å². The van der Waals surface area contributed by atoms with Crippen LogP contribution in [0.3, 0.4) is 0 Å². The Kier molecular flexibility index (Phi) is 3.39. The molecule has 0 amide bonds. The normalized spacial score (nSPS) is 14.8. The molecule has 4 heteroatoms. The van der Waals surface area contributed by atoms with E-state index in [1.807, 2.05) is 23.7 Å². The second kappa shape index (κ2) is 5.72. The van der Waals surface area contributed by atoms with Gasteiger partial charge in [-0.1, -0.05) is 18.2 Å². The molecule has 0 fully saturated rings. The molecule has 0 saturated heterocycles. The second-order valence-corrected chi connectivity index (χ2v) is 7.56. The van der Waals surface area contributed by atoms with Crippen molar-refractivity contribution in [3.63, 3.8) is 0 Å². The van der Waals surface area contributed by atoms with Crippen molar-refractivity contribution in [1.82, 2.24) is 14.9 Å². The van der Waals surface area contributed by atoms with Gasteiger partial charge in [-0.3, -0.25) is 4.98 Å². The summed E-state index contributed by atoms with van der Waals surface area (Å²) in [4.78, 5) is 5.82. The van der Waals surface area contributed by atoms with Crippen LogP contribution in [0.2, 0.25) is 0 Å². The van der Waals surface area contributed by atoms with Crippen molar-refractivity contribution >= 4 is 32.3 Å². The highest BCUT2D eigenvalue weighted by Crippen LogP contribution is 2.34. The third kappa shape index (κ3) is 2.26. The molecule has 1 aromatic carbocycles. The van der Waals surface area contributed by atoms with Gasteiger partial charge in [0.1, 0.15) is 0 Å². The van der Waals surface area contributed by atoms with Crippen LogP contribution in [0.25, 0.3) is 21.0 Å². The van der Waals surface area contributed by atoms with E-state index in [4.69, 9.17) is 0 Å². The Morgan fingerprint density at radius 3 is 3.08 bits per heavy atom. The molecular formula is C20H19N3S. The summed E-state index contributed by atoms with van der Waals surface area (Å²) >= 11 is 1.98. The number of fused-ring (bicyclic) bond motifs is 4. The van der Waals surface area contributed by atoms with Gasteiger partial charge < -0.3 is 9.88 Å². The molecule has 1 N–H and O–H groups in total. The summed E-state index contributed by atoms with van der Waals surface area (Å²) in [5.74, 6) is 0. The van der Waals surface area contributed by atoms with Gasteiger partial charge in [-0.2, -0.15) is 0 Å². The average molecular weight is 333 g/mol. The molecule has 120 valence electrons. The second-order valence-electron chi connectivity index (χ2n) is 6.42. The largest absolute Gasteiger partial charge is 0.342 e. The van der Waals surface area contributed by atoms with E-state index in [2.05, 4.69) is 51.4 Å². The Morgan fingerprint density at radius 2 is 2.08 bits per heavy atom. The minimum atomic E-state index is 0.918. The zero-order valence-electron chi connectivity index (χ0n) is 13.5. The number of aromatic nitrogens is 2. The minimum absolute atomic E-state index is 0.918. The summed E-state index contributed by atoms with van der Waals surface area (Å²) in [6.45, 7) is 3.11. The molecule has 4 aromatic rings. The van der Waals surface area contributed by atoms with E-state index in [1.165, 1.54) is 26.6 Å². The van der Waals surface area contributed by atoms with Crippen LogP contribution in [-0.4, -0.2) is 22.6 Å². The Bertz CT molecular complexity index is 1020. The molecule has 1 aliphatic rings. The average Bonchev–Trinajstić information content (AvgIpc) is 3.07. The van der Waals surface area contributed by atoms with Gasteiger partial charge in [0.2, 0.25) is 0 Å². The van der Waals surface area contributed by atoms with Gasteiger partial charge >= 0.3 is 0 Å². The van der Waals surface area contributed by atoms with Gasteiger partial charge in [-0.05, 0) is 54.6 Å². The van der Waals surface area contributed by atoms with Gasteiger partial charge in [0.15, 0.2) is 0 Å². The number of nitrogens with zero attached hydrogens (tertiary/aromatic N) is 2. The lowest BCUT2D eigenvalue weighted by Crippen LogP contribution is -2.16. The quantitative estimate of drug-likeness (QED) is 0.601. The van der Waals surface area contributed by atoms with E-state index in [-0.39, 0.29) is 0 Å². The molecule has 1 aliphatic heterocycles. The van der Waals surface area contributed by atoms with Crippen molar-refractivity contribution in [1.29, 1.82) is 0 Å². The van der Waals surface area contributed by atoms with E-state index in [9.17, 15) is 0 Å². The third-order valence-corrected chi connectivity index (χ3v) is 6.22. The molecule has 3 nitrogen and oxygen atoms in total. The van der Waals surface area contributed by atoms with Crippen LogP contribution in [0.5, 0.6) is 0 Å². The van der Waals surface area contributed by atoms with Crippen LogP contribution < -0.4 is 5.32 Å². The summed E-state index contributed by atoms with van der Waals surface area (Å²) in [6, 6.07) is 10.9. The highest BCUT2D eigenvalue weighted by Gasteiger charge is 2.17. The van der Waals surface area contributed by atoms with Gasteiger partial charge in [0, 0.05) is 35.4 Å². The molecule has 5 rings (SSSR count). The maximum absolute atomic E-state index is 4.25. The first-order valence-corrected chi connectivity index (χ1v) is 9.33. The maximum atomic E-state index is 4.25. The van der Waals surface area contributed by atoms with Crippen molar-refractivity contribution in [2.24, 2.45) is 0 Å². The van der Waals surface area contributed by atoms with Crippen LogP contribution in [0.4, 0.5) is 0 Å². The van der Waals surface area contributed by atoms with E-state index in [0.29, 0.717) is 0 Å². The van der Waals surface area contributed by atoms with E-state index in [0.717, 1.165) is 32.5 Å². The topological polar surface area (TPSA) is 29.9 Å². The smallest absolute Gasteiger partial charge is 0.0628 e. The standard InChI is InChI=1S/C20H19N3S/c1-2-14-12-22-9-4-16(14)15(3-1)13-23-11-7-19-20(23)17-5-8-21-10-6-18(17)24-19/h1-4,7,9,11-12,21H,5-6,8,10,13H2. The molecule has 0 radical (unpaired) electrons. The summed E-state index contributed by atoms with van der Waals surface area (Å²) in [5, 5.41) is 6.04. The van der Waals surface area contributed by atoms with Crippen LogP contribution in [0, 0.1) is 0 Å². The predicted octanol–water partition coefficient (Wildman–Crippen LogP) is 3.99. The fourth-order valence-corrected chi connectivity index (χ4v) is 5.08. The molecule has 0 atom stereocenters. The zero-order valence-corrected chi connectivity index (χ0v) is 14.3. The Balaban J connectivity index is 1.63. The minimum Gasteiger partial charge on any atom is -0.342 e. The van der Waals surface area contributed by atoms with Crippen LogP contribution in [0.1, 0.15) is 16.0 Å². The number of pyridine rings is 1. The van der Waals surface area contributed by atoms with Gasteiger partial charge in [-0.25, -0.2) is 0 Å². The van der Waals surface area contributed by atoms with Crippen molar-refractivity contribution in [2.75, 3.05) is 13.1 Å². The van der Waals surface area contributed by atoms with E-state index < -0.39 is 0 Å². The summed E-state index contributed by atoms with van der Waals surface area (Å²) in [5.41, 5.74) is 4.37. The molecule has 0 spiro atoms. The summed E-state index contributed by atoms with van der Waals surface area (Å²) < 4.78 is 3.87. The molecule has 0 unspecified atom stereocenters. The number of hydrogen-bond acceptors (Lipinski definition) is 3. The lowest BCUT2D eigenvalue weighted by molar-refractivity contribution is 0.711. The number of hydrogen-bond donors (Lipinski definition) is 1. The van der Waals surface area contributed by atoms with Gasteiger partial charge in [0.25, 0.3) is 0 Å². The van der Waals surface area contributed by atoms with Crippen LogP contribution in [-0.2, 0) is 19.4 Å². The molecule has 3 aromatic heterocycles. The van der Waals surface area contributed by atoms with Crippen LogP contribution >= 0.6 is 11.3 Å². The molecule has 0 aliphatic carbocycles. The lowest BCUT2D eigenvalue weighted by Gasteiger charge is -2.10. The first kappa shape index (κ1) is 14.2. The van der Waals surface area contributed by atoms with E-state index in [1.54, 1.807) is 10.4 Å². The monoisotopic (exact) mass is 333 g/mol. The van der Waals surface area contributed by atoms with E-state index >= 15 is 0 Å². The SMILES string of the molecule is c1cc(Cn2ccc3sc4c(c32)CCNCC4)c2ccncc2c1. The summed E-state index contributed by atoms with van der Waals surface area (Å²) in [7, 11) is 0. The predicted molar refractivity (Wildman–Crippen MR) is 101 cm³/mol. The van der Waals surface area contributed by atoms with Crippen LogP contribution in [0.15, 0.2) is 48.9 Å². The lowest BCUT2D eigenvalue weighted by atomic mass is 10.1. The fourth-order valence-electron chi connectivity index (χ4n) is 3.83. The van der Waals surface area contributed by atoms with Crippen molar-refractivity contribution < 1.29 is 0 Å². The highest BCUT2D eigenvalue weighted by atomic mass is 32.1. The van der Waals surface area contributed by atoms with Crippen molar-refractivity contribution in [2.45, 2.75) is 19.4 Å². The Hall–Kier alpha value is -2.17. The van der Waals surface area contributed by atoms with Crippen molar-refractivity contribution in [3.8, 4) is 0 Å². The Morgan fingerprint density at radius 1 is 1.12 bits per heavy atom. The molecule has 24 heavy (non-hydrogen) atoms. The highest BCUT2D eigenvalue weighted by molar-refractivity contribution is 7.19. The molecule has 0 bridgehead atoms. The zero-order chi connectivity index (χ0) is 15.9.